The summed E-state index contributed by atoms with van der Waals surface area (Å²) in [4.78, 5) is 0. The van der Waals surface area contributed by atoms with Crippen molar-refractivity contribution in [1.29, 1.82) is 0 Å². The first-order valence-corrected chi connectivity index (χ1v) is 6.01. The fourth-order valence-corrected chi connectivity index (χ4v) is 2.43. The number of alkyl halides is 1. The van der Waals surface area contributed by atoms with E-state index in [1.54, 1.807) is 18.2 Å². The normalized spacial score (nSPS) is 15.0. The molecule has 0 amide bonds. The Morgan fingerprint density at radius 3 is 2.61 bits per heavy atom. The van der Waals surface area contributed by atoms with Crippen LogP contribution in [0, 0.1) is 5.82 Å². The maximum Gasteiger partial charge on any atom is 0.155 e. The topological polar surface area (TPSA) is 12.0 Å². The molecule has 18 heavy (non-hydrogen) atoms. The van der Waals surface area contributed by atoms with Gasteiger partial charge >= 0.3 is 0 Å². The van der Waals surface area contributed by atoms with Crippen LogP contribution >= 0.6 is 0 Å². The molecule has 3 heteroatoms. The molecule has 0 fully saturated rings. The van der Waals surface area contributed by atoms with E-state index in [2.05, 4.69) is 5.32 Å². The zero-order chi connectivity index (χ0) is 12.5. The number of fused-ring (bicyclic) bond motifs is 1. The minimum absolute atomic E-state index is 0.0969. The van der Waals surface area contributed by atoms with Gasteiger partial charge in [-0.15, -0.1) is 0 Å². The molecule has 1 aliphatic rings. The standard InChI is InChI=1S/C15H13F2N/c16-13-7-2-1-5-11(13)14(17)12-6-3-4-10-8-9-18-15(10)12/h1-7,14,18H,8-9H2. The maximum absolute atomic E-state index is 14.5. The van der Waals surface area contributed by atoms with Crippen LogP contribution in [0.1, 0.15) is 22.9 Å². The van der Waals surface area contributed by atoms with Crippen LogP contribution in [-0.4, -0.2) is 6.54 Å². The Hall–Kier alpha value is -1.90. The van der Waals surface area contributed by atoms with Gasteiger partial charge in [0.25, 0.3) is 0 Å². The third kappa shape index (κ3) is 1.76. The fourth-order valence-electron chi connectivity index (χ4n) is 2.43. The van der Waals surface area contributed by atoms with E-state index in [0.717, 1.165) is 24.2 Å². The molecule has 92 valence electrons. The van der Waals surface area contributed by atoms with E-state index in [4.69, 9.17) is 0 Å². The Morgan fingerprint density at radius 2 is 1.78 bits per heavy atom. The van der Waals surface area contributed by atoms with Gasteiger partial charge < -0.3 is 5.32 Å². The molecule has 1 N–H and O–H groups in total. The van der Waals surface area contributed by atoms with Crippen LogP contribution in [0.25, 0.3) is 0 Å². The second kappa shape index (κ2) is 4.41. The molecule has 0 aliphatic carbocycles. The van der Waals surface area contributed by atoms with Crippen LogP contribution < -0.4 is 5.32 Å². The van der Waals surface area contributed by atoms with Crippen LogP contribution in [0.3, 0.4) is 0 Å². The summed E-state index contributed by atoms with van der Waals surface area (Å²) in [5.74, 6) is -0.499. The van der Waals surface area contributed by atoms with E-state index in [9.17, 15) is 8.78 Å². The molecule has 0 radical (unpaired) electrons. The average Bonchev–Trinajstić information content (AvgIpc) is 2.86. The lowest BCUT2D eigenvalue weighted by molar-refractivity contribution is 0.388. The van der Waals surface area contributed by atoms with Crippen molar-refractivity contribution >= 4 is 5.69 Å². The molecule has 0 bridgehead atoms. The van der Waals surface area contributed by atoms with Gasteiger partial charge in [-0.3, -0.25) is 0 Å². The molecule has 0 saturated heterocycles. The Labute approximate surface area is 104 Å². The summed E-state index contributed by atoms with van der Waals surface area (Å²) in [5.41, 5.74) is 2.55. The maximum atomic E-state index is 14.5. The summed E-state index contributed by atoms with van der Waals surface area (Å²) < 4.78 is 28.1. The highest BCUT2D eigenvalue weighted by Gasteiger charge is 2.23. The number of halogens is 2. The van der Waals surface area contributed by atoms with Gasteiger partial charge in [0.1, 0.15) is 5.82 Å². The van der Waals surface area contributed by atoms with Gasteiger partial charge in [-0.05, 0) is 18.1 Å². The average molecular weight is 245 g/mol. The summed E-state index contributed by atoms with van der Waals surface area (Å²) in [6.45, 7) is 0.816. The molecule has 1 heterocycles. The van der Waals surface area contributed by atoms with E-state index >= 15 is 0 Å². The van der Waals surface area contributed by atoms with Gasteiger partial charge in [0.15, 0.2) is 6.17 Å². The van der Waals surface area contributed by atoms with Gasteiger partial charge in [-0.1, -0.05) is 36.4 Å². The highest BCUT2D eigenvalue weighted by atomic mass is 19.1. The second-order valence-electron chi connectivity index (χ2n) is 4.44. The van der Waals surface area contributed by atoms with Gasteiger partial charge in [0, 0.05) is 23.4 Å². The number of para-hydroxylation sites is 1. The lowest BCUT2D eigenvalue weighted by Gasteiger charge is -2.14. The van der Waals surface area contributed by atoms with Gasteiger partial charge in [-0.2, -0.15) is 0 Å². The molecule has 0 saturated carbocycles. The Balaban J connectivity index is 2.06. The van der Waals surface area contributed by atoms with E-state index in [0.29, 0.717) is 5.56 Å². The van der Waals surface area contributed by atoms with Crippen molar-refractivity contribution in [2.45, 2.75) is 12.6 Å². The van der Waals surface area contributed by atoms with Crippen molar-refractivity contribution < 1.29 is 8.78 Å². The summed E-state index contributed by atoms with van der Waals surface area (Å²) in [6, 6.07) is 11.5. The lowest BCUT2D eigenvalue weighted by atomic mass is 9.98. The molecule has 0 spiro atoms. The number of benzene rings is 2. The molecular weight excluding hydrogens is 232 g/mol. The summed E-state index contributed by atoms with van der Waals surface area (Å²) >= 11 is 0. The Morgan fingerprint density at radius 1 is 1.00 bits per heavy atom. The van der Waals surface area contributed by atoms with Gasteiger partial charge in [0.05, 0.1) is 0 Å². The SMILES string of the molecule is Fc1ccccc1C(F)c1cccc2c1NCC2. The highest BCUT2D eigenvalue weighted by Crippen LogP contribution is 2.36. The summed E-state index contributed by atoms with van der Waals surface area (Å²) in [6.07, 6.45) is -0.528. The third-order valence-electron chi connectivity index (χ3n) is 3.33. The summed E-state index contributed by atoms with van der Waals surface area (Å²) in [7, 11) is 0. The Bertz CT molecular complexity index is 580. The first-order valence-electron chi connectivity index (χ1n) is 6.01. The van der Waals surface area contributed by atoms with E-state index in [1.807, 2.05) is 12.1 Å². The predicted molar refractivity (Wildman–Crippen MR) is 68.0 cm³/mol. The Kier molecular flexibility index (Phi) is 2.74. The van der Waals surface area contributed by atoms with Gasteiger partial charge in [0.2, 0.25) is 0 Å². The van der Waals surface area contributed by atoms with E-state index < -0.39 is 12.0 Å². The van der Waals surface area contributed by atoms with Crippen molar-refractivity contribution in [3.63, 3.8) is 0 Å². The van der Waals surface area contributed by atoms with E-state index in [1.165, 1.54) is 12.1 Å². The van der Waals surface area contributed by atoms with Crippen LogP contribution in [0.4, 0.5) is 14.5 Å². The molecule has 0 aromatic heterocycles. The quantitative estimate of drug-likeness (QED) is 0.847. The summed E-state index contributed by atoms with van der Waals surface area (Å²) in [5, 5.41) is 3.18. The number of rotatable bonds is 2. The molecule has 1 atom stereocenters. The van der Waals surface area contributed by atoms with Crippen LogP contribution in [0.5, 0.6) is 0 Å². The minimum atomic E-state index is -1.42. The molecule has 1 unspecified atom stereocenters. The molecule has 2 aromatic carbocycles. The number of nitrogens with one attached hydrogen (secondary N) is 1. The number of hydrogen-bond acceptors (Lipinski definition) is 1. The molecular formula is C15H13F2N. The third-order valence-corrected chi connectivity index (χ3v) is 3.33. The molecule has 2 aromatic rings. The predicted octanol–water partition coefficient (Wildman–Crippen LogP) is 3.85. The highest BCUT2D eigenvalue weighted by molar-refractivity contribution is 5.63. The lowest BCUT2D eigenvalue weighted by Crippen LogP contribution is -2.02. The zero-order valence-corrected chi connectivity index (χ0v) is 9.79. The first-order chi connectivity index (χ1) is 8.77. The van der Waals surface area contributed by atoms with Gasteiger partial charge in [-0.25, -0.2) is 8.78 Å². The van der Waals surface area contributed by atoms with Crippen LogP contribution in [0.15, 0.2) is 42.5 Å². The minimum Gasteiger partial charge on any atom is -0.384 e. The van der Waals surface area contributed by atoms with E-state index in [-0.39, 0.29) is 5.56 Å². The first kappa shape index (κ1) is 11.2. The fraction of sp³-hybridized carbons (Fsp3) is 0.200. The molecule has 1 nitrogen and oxygen atoms in total. The molecule has 3 rings (SSSR count). The smallest absolute Gasteiger partial charge is 0.155 e. The monoisotopic (exact) mass is 245 g/mol. The zero-order valence-electron chi connectivity index (χ0n) is 9.79. The van der Waals surface area contributed by atoms with Crippen molar-refractivity contribution in [2.75, 3.05) is 11.9 Å². The van der Waals surface area contributed by atoms with Crippen molar-refractivity contribution in [3.8, 4) is 0 Å². The number of hydrogen-bond donors (Lipinski definition) is 1. The van der Waals surface area contributed by atoms with Crippen LogP contribution in [-0.2, 0) is 6.42 Å². The van der Waals surface area contributed by atoms with Crippen molar-refractivity contribution in [2.24, 2.45) is 0 Å². The number of anilines is 1. The largest absolute Gasteiger partial charge is 0.384 e. The van der Waals surface area contributed by atoms with Crippen LogP contribution in [0.2, 0.25) is 0 Å². The van der Waals surface area contributed by atoms with Crippen molar-refractivity contribution in [3.05, 3.63) is 65.0 Å². The second-order valence-corrected chi connectivity index (χ2v) is 4.44. The van der Waals surface area contributed by atoms with Crippen molar-refractivity contribution in [1.82, 2.24) is 0 Å². The molecule has 1 aliphatic heterocycles.